The summed E-state index contributed by atoms with van der Waals surface area (Å²) in [6, 6.07) is 3.97. The lowest BCUT2D eigenvalue weighted by Gasteiger charge is -2.10. The molecule has 0 saturated carbocycles. The molecule has 0 aliphatic rings. The van der Waals surface area contributed by atoms with Gasteiger partial charge in [0.1, 0.15) is 5.82 Å². The topological polar surface area (TPSA) is 64.9 Å². The van der Waals surface area contributed by atoms with Gasteiger partial charge >= 0.3 is 0 Å². The summed E-state index contributed by atoms with van der Waals surface area (Å²) < 4.78 is 17.9. The average molecular weight is 256 g/mol. The molecule has 2 aromatic rings. The molecule has 6 heteroatoms. The van der Waals surface area contributed by atoms with Crippen molar-refractivity contribution in [1.29, 1.82) is 0 Å². The van der Waals surface area contributed by atoms with Crippen molar-refractivity contribution in [2.24, 2.45) is 5.73 Å². The molecule has 0 aliphatic carbocycles. The number of nitrogens with two attached hydrogens (primary N) is 1. The van der Waals surface area contributed by atoms with Crippen LogP contribution in [0.2, 0.25) is 5.02 Å². The van der Waals surface area contributed by atoms with E-state index < -0.39 is 11.4 Å². The zero-order chi connectivity index (χ0) is 12.6. The van der Waals surface area contributed by atoms with Crippen LogP contribution in [0.3, 0.4) is 0 Å². The van der Waals surface area contributed by atoms with Crippen LogP contribution in [0.4, 0.5) is 4.39 Å². The smallest absolute Gasteiger partial charge is 0.246 e. The minimum atomic E-state index is -0.724. The van der Waals surface area contributed by atoms with Crippen molar-refractivity contribution in [1.82, 2.24) is 10.1 Å². The van der Waals surface area contributed by atoms with Crippen molar-refractivity contribution in [3.63, 3.8) is 0 Å². The van der Waals surface area contributed by atoms with E-state index in [1.54, 1.807) is 13.8 Å². The lowest BCUT2D eigenvalue weighted by atomic mass is 10.1. The van der Waals surface area contributed by atoms with Gasteiger partial charge in [-0.15, -0.1) is 0 Å². The highest BCUT2D eigenvalue weighted by Gasteiger charge is 2.23. The summed E-state index contributed by atoms with van der Waals surface area (Å²) in [4.78, 5) is 4.13. The Morgan fingerprint density at radius 2 is 2.12 bits per heavy atom. The van der Waals surface area contributed by atoms with Gasteiger partial charge < -0.3 is 10.3 Å². The fourth-order valence-corrected chi connectivity index (χ4v) is 1.52. The molecular formula is C11H11ClFN3O. The number of rotatable bonds is 2. The Hall–Kier alpha value is -1.46. The minimum Gasteiger partial charge on any atom is -0.337 e. The Labute approximate surface area is 103 Å². The van der Waals surface area contributed by atoms with E-state index in [0.29, 0.717) is 17.3 Å². The minimum absolute atomic E-state index is 0.229. The highest BCUT2D eigenvalue weighted by molar-refractivity contribution is 6.33. The van der Waals surface area contributed by atoms with Crippen molar-refractivity contribution >= 4 is 11.6 Å². The molecule has 1 aromatic carbocycles. The van der Waals surface area contributed by atoms with Crippen LogP contribution in [0.15, 0.2) is 22.7 Å². The molecule has 0 radical (unpaired) electrons. The van der Waals surface area contributed by atoms with Crippen LogP contribution in [-0.2, 0) is 5.54 Å². The maximum absolute atomic E-state index is 12.9. The summed E-state index contributed by atoms with van der Waals surface area (Å²) >= 11 is 5.89. The van der Waals surface area contributed by atoms with Gasteiger partial charge in [-0.2, -0.15) is 4.98 Å². The Morgan fingerprint density at radius 1 is 1.41 bits per heavy atom. The number of hydrogen-bond donors (Lipinski definition) is 1. The van der Waals surface area contributed by atoms with E-state index in [0.717, 1.165) is 0 Å². The second-order valence-electron chi connectivity index (χ2n) is 4.27. The van der Waals surface area contributed by atoms with Crippen molar-refractivity contribution in [2.45, 2.75) is 19.4 Å². The number of benzene rings is 1. The SMILES string of the molecule is CC(C)(N)c1nc(-c2ccc(F)cc2Cl)no1. The molecule has 0 unspecified atom stereocenters. The Balaban J connectivity index is 2.44. The number of halogens is 2. The molecular weight excluding hydrogens is 245 g/mol. The van der Waals surface area contributed by atoms with E-state index in [2.05, 4.69) is 10.1 Å². The van der Waals surface area contributed by atoms with E-state index >= 15 is 0 Å². The highest BCUT2D eigenvalue weighted by atomic mass is 35.5. The van der Waals surface area contributed by atoms with Gasteiger partial charge in [-0.3, -0.25) is 0 Å². The van der Waals surface area contributed by atoms with Gasteiger partial charge in [0.2, 0.25) is 11.7 Å². The molecule has 0 fully saturated rings. The summed E-state index contributed by atoms with van der Waals surface area (Å²) in [6.45, 7) is 3.49. The highest BCUT2D eigenvalue weighted by Crippen LogP contribution is 2.27. The van der Waals surface area contributed by atoms with Gasteiger partial charge in [-0.25, -0.2) is 4.39 Å². The van der Waals surface area contributed by atoms with Crippen LogP contribution in [0.1, 0.15) is 19.7 Å². The normalized spacial score (nSPS) is 11.8. The molecule has 2 rings (SSSR count). The second-order valence-corrected chi connectivity index (χ2v) is 4.68. The molecule has 1 aromatic heterocycles. The second kappa shape index (κ2) is 4.09. The van der Waals surface area contributed by atoms with Crippen LogP contribution in [0, 0.1) is 5.82 Å². The summed E-state index contributed by atoms with van der Waals surface area (Å²) in [5.41, 5.74) is 5.60. The van der Waals surface area contributed by atoms with E-state index in [4.69, 9.17) is 21.9 Å². The third-order valence-electron chi connectivity index (χ3n) is 2.15. The first kappa shape index (κ1) is 12.0. The maximum atomic E-state index is 12.9. The zero-order valence-electron chi connectivity index (χ0n) is 9.37. The first-order valence-corrected chi connectivity index (χ1v) is 5.34. The average Bonchev–Trinajstić information content (AvgIpc) is 2.65. The fraction of sp³-hybridized carbons (Fsp3) is 0.273. The maximum Gasteiger partial charge on any atom is 0.246 e. The van der Waals surface area contributed by atoms with Crippen molar-refractivity contribution in [3.05, 3.63) is 34.9 Å². The van der Waals surface area contributed by atoms with Gasteiger partial charge in [-0.1, -0.05) is 16.8 Å². The number of nitrogens with zero attached hydrogens (tertiary/aromatic N) is 2. The van der Waals surface area contributed by atoms with Crippen LogP contribution in [-0.4, -0.2) is 10.1 Å². The first-order chi connectivity index (χ1) is 7.88. The van der Waals surface area contributed by atoms with E-state index in [-0.39, 0.29) is 5.02 Å². The molecule has 0 saturated heterocycles. The molecule has 0 spiro atoms. The van der Waals surface area contributed by atoms with Gasteiger partial charge in [0.05, 0.1) is 10.6 Å². The first-order valence-electron chi connectivity index (χ1n) is 4.96. The third kappa shape index (κ3) is 2.45. The van der Waals surface area contributed by atoms with Crippen molar-refractivity contribution < 1.29 is 8.91 Å². The molecule has 4 nitrogen and oxygen atoms in total. The van der Waals surface area contributed by atoms with Gasteiger partial charge in [0.15, 0.2) is 0 Å². The lowest BCUT2D eigenvalue weighted by Crippen LogP contribution is -2.28. The molecule has 0 amide bonds. The monoisotopic (exact) mass is 255 g/mol. The fourth-order valence-electron chi connectivity index (χ4n) is 1.27. The number of hydrogen-bond acceptors (Lipinski definition) is 4. The van der Waals surface area contributed by atoms with Crippen LogP contribution < -0.4 is 5.73 Å². The summed E-state index contributed by atoms with van der Waals surface area (Å²) in [6.07, 6.45) is 0. The predicted molar refractivity (Wildman–Crippen MR) is 61.9 cm³/mol. The molecule has 90 valence electrons. The van der Waals surface area contributed by atoms with Crippen molar-refractivity contribution in [2.75, 3.05) is 0 Å². The Morgan fingerprint density at radius 3 is 2.65 bits per heavy atom. The standard InChI is InChI=1S/C11H11ClFN3O/c1-11(2,14)10-15-9(16-17-10)7-4-3-6(13)5-8(7)12/h3-5H,14H2,1-2H3. The molecule has 0 aliphatic heterocycles. The Bertz CT molecular complexity index is 548. The van der Waals surface area contributed by atoms with Gasteiger partial charge in [-0.05, 0) is 32.0 Å². The quantitative estimate of drug-likeness (QED) is 0.896. The van der Waals surface area contributed by atoms with E-state index in [9.17, 15) is 4.39 Å². The molecule has 0 bridgehead atoms. The molecule has 1 heterocycles. The molecule has 17 heavy (non-hydrogen) atoms. The number of aromatic nitrogens is 2. The van der Waals surface area contributed by atoms with Gasteiger partial charge in [0, 0.05) is 5.56 Å². The van der Waals surface area contributed by atoms with Crippen LogP contribution in [0.5, 0.6) is 0 Å². The summed E-state index contributed by atoms with van der Waals surface area (Å²) in [7, 11) is 0. The van der Waals surface area contributed by atoms with Gasteiger partial charge in [0.25, 0.3) is 0 Å². The molecule has 2 N–H and O–H groups in total. The van der Waals surface area contributed by atoms with Crippen molar-refractivity contribution in [3.8, 4) is 11.4 Å². The van der Waals surface area contributed by atoms with E-state index in [1.807, 2.05) is 0 Å². The largest absolute Gasteiger partial charge is 0.337 e. The predicted octanol–water partition coefficient (Wildman–Crippen LogP) is 2.72. The van der Waals surface area contributed by atoms with Crippen LogP contribution >= 0.6 is 11.6 Å². The summed E-state index contributed by atoms with van der Waals surface area (Å²) in [5, 5.41) is 4.00. The van der Waals surface area contributed by atoms with E-state index in [1.165, 1.54) is 18.2 Å². The zero-order valence-corrected chi connectivity index (χ0v) is 10.1. The molecule has 0 atom stereocenters. The lowest BCUT2D eigenvalue weighted by molar-refractivity contribution is 0.312. The summed E-state index contributed by atoms with van der Waals surface area (Å²) in [5.74, 6) is 0.179. The Kier molecular flexibility index (Phi) is 2.89. The van der Waals surface area contributed by atoms with Crippen LogP contribution in [0.25, 0.3) is 11.4 Å². The third-order valence-corrected chi connectivity index (χ3v) is 2.46.